The van der Waals surface area contributed by atoms with Crippen LogP contribution in [-0.4, -0.2) is 19.2 Å². The maximum atomic E-state index is 5.81. The lowest BCUT2D eigenvalue weighted by Crippen LogP contribution is -2.19. The first-order valence-electron chi connectivity index (χ1n) is 5.35. The molecule has 0 aliphatic carbocycles. The summed E-state index contributed by atoms with van der Waals surface area (Å²) in [5.41, 5.74) is 1.36. The van der Waals surface area contributed by atoms with Crippen LogP contribution in [0.1, 0.15) is 18.9 Å². The topological polar surface area (TPSA) is 21.3 Å². The average Bonchev–Trinajstić information content (AvgIpc) is 2.72. The fourth-order valence-corrected chi connectivity index (χ4v) is 1.72. The predicted octanol–water partition coefficient (Wildman–Crippen LogP) is 2.41. The number of nitrogens with one attached hydrogen (secondary N) is 1. The standard InChI is InChI=1S/C12H17NO.ClH/c1-2-10-3-5-11(6-4-10)14-12-7-8-13-9-12;/h3-6,12-13H,2,7-9H2,1H3;1H. The summed E-state index contributed by atoms with van der Waals surface area (Å²) in [5.74, 6) is 0.996. The van der Waals surface area contributed by atoms with Crippen molar-refractivity contribution in [3.05, 3.63) is 29.8 Å². The Bertz CT molecular complexity index is 280. The number of rotatable bonds is 3. The van der Waals surface area contributed by atoms with Crippen molar-refractivity contribution >= 4 is 12.4 Å². The number of hydrogen-bond donors (Lipinski definition) is 1. The first kappa shape index (κ1) is 12.3. The zero-order valence-electron chi connectivity index (χ0n) is 9.03. The van der Waals surface area contributed by atoms with Gasteiger partial charge in [0.1, 0.15) is 11.9 Å². The monoisotopic (exact) mass is 227 g/mol. The van der Waals surface area contributed by atoms with Gasteiger partial charge in [0.2, 0.25) is 0 Å². The predicted molar refractivity (Wildman–Crippen MR) is 65.0 cm³/mol. The molecular formula is C12H18ClNO. The van der Waals surface area contributed by atoms with Crippen LogP contribution in [0.5, 0.6) is 5.75 Å². The highest BCUT2D eigenvalue weighted by atomic mass is 35.5. The fourth-order valence-electron chi connectivity index (χ4n) is 1.72. The molecule has 1 aromatic carbocycles. The summed E-state index contributed by atoms with van der Waals surface area (Å²) in [6.07, 6.45) is 2.57. The van der Waals surface area contributed by atoms with Gasteiger partial charge in [-0.1, -0.05) is 19.1 Å². The van der Waals surface area contributed by atoms with Gasteiger partial charge in [0.15, 0.2) is 0 Å². The Labute approximate surface area is 97.4 Å². The summed E-state index contributed by atoms with van der Waals surface area (Å²) in [5, 5.41) is 3.29. The molecule has 0 bridgehead atoms. The van der Waals surface area contributed by atoms with E-state index in [1.165, 1.54) is 5.56 Å². The highest BCUT2D eigenvalue weighted by molar-refractivity contribution is 5.85. The number of halogens is 1. The summed E-state index contributed by atoms with van der Waals surface area (Å²) < 4.78 is 5.81. The fraction of sp³-hybridized carbons (Fsp3) is 0.500. The van der Waals surface area contributed by atoms with Gasteiger partial charge in [-0.3, -0.25) is 0 Å². The van der Waals surface area contributed by atoms with Crippen molar-refractivity contribution in [3.8, 4) is 5.75 Å². The van der Waals surface area contributed by atoms with Gasteiger partial charge in [-0.2, -0.15) is 0 Å². The van der Waals surface area contributed by atoms with Crippen molar-refractivity contribution in [1.29, 1.82) is 0 Å². The molecule has 0 saturated carbocycles. The van der Waals surface area contributed by atoms with Gasteiger partial charge >= 0.3 is 0 Å². The second-order valence-corrected chi connectivity index (χ2v) is 3.73. The van der Waals surface area contributed by atoms with Crippen LogP contribution in [0.15, 0.2) is 24.3 Å². The van der Waals surface area contributed by atoms with E-state index in [-0.39, 0.29) is 12.4 Å². The molecule has 1 fully saturated rings. The molecule has 0 radical (unpaired) electrons. The highest BCUT2D eigenvalue weighted by Crippen LogP contribution is 2.16. The molecular weight excluding hydrogens is 210 g/mol. The zero-order valence-corrected chi connectivity index (χ0v) is 9.85. The normalized spacial score (nSPS) is 19.7. The van der Waals surface area contributed by atoms with Crippen molar-refractivity contribution in [2.75, 3.05) is 13.1 Å². The van der Waals surface area contributed by atoms with Crippen LogP contribution in [0.4, 0.5) is 0 Å². The van der Waals surface area contributed by atoms with E-state index in [1.54, 1.807) is 0 Å². The molecule has 3 heteroatoms. The molecule has 1 heterocycles. The molecule has 1 N–H and O–H groups in total. The summed E-state index contributed by atoms with van der Waals surface area (Å²) in [6.45, 7) is 4.23. The average molecular weight is 228 g/mol. The van der Waals surface area contributed by atoms with E-state index in [9.17, 15) is 0 Å². The molecule has 1 unspecified atom stereocenters. The third kappa shape index (κ3) is 3.40. The minimum Gasteiger partial charge on any atom is -0.489 e. The summed E-state index contributed by atoms with van der Waals surface area (Å²) >= 11 is 0. The summed E-state index contributed by atoms with van der Waals surface area (Å²) in [4.78, 5) is 0. The van der Waals surface area contributed by atoms with E-state index >= 15 is 0 Å². The van der Waals surface area contributed by atoms with Crippen molar-refractivity contribution in [2.24, 2.45) is 0 Å². The van der Waals surface area contributed by atoms with Gasteiger partial charge in [0, 0.05) is 6.54 Å². The van der Waals surface area contributed by atoms with Crippen LogP contribution in [0.25, 0.3) is 0 Å². The Hall–Kier alpha value is -0.730. The first-order chi connectivity index (χ1) is 6.88. The van der Waals surface area contributed by atoms with E-state index in [0.717, 1.165) is 31.7 Å². The lowest BCUT2D eigenvalue weighted by atomic mass is 10.2. The number of benzene rings is 1. The molecule has 2 rings (SSSR count). The SMILES string of the molecule is CCc1ccc(OC2CCNC2)cc1.Cl. The maximum Gasteiger partial charge on any atom is 0.119 e. The van der Waals surface area contributed by atoms with Crippen LogP contribution >= 0.6 is 12.4 Å². The highest BCUT2D eigenvalue weighted by Gasteiger charge is 2.15. The Morgan fingerprint density at radius 3 is 2.60 bits per heavy atom. The van der Waals surface area contributed by atoms with Crippen LogP contribution in [0.3, 0.4) is 0 Å². The van der Waals surface area contributed by atoms with Gasteiger partial charge in [-0.05, 0) is 37.1 Å². The number of aryl methyl sites for hydroxylation is 1. The Kier molecular flexibility index (Phi) is 4.92. The van der Waals surface area contributed by atoms with E-state index in [2.05, 4.69) is 36.5 Å². The van der Waals surface area contributed by atoms with Crippen molar-refractivity contribution < 1.29 is 4.74 Å². The van der Waals surface area contributed by atoms with Crippen LogP contribution in [-0.2, 0) is 6.42 Å². The van der Waals surface area contributed by atoms with Crippen molar-refractivity contribution in [2.45, 2.75) is 25.9 Å². The molecule has 1 atom stereocenters. The van der Waals surface area contributed by atoms with E-state index in [1.807, 2.05) is 0 Å². The van der Waals surface area contributed by atoms with Gasteiger partial charge in [0.05, 0.1) is 0 Å². The third-order valence-electron chi connectivity index (χ3n) is 2.65. The molecule has 1 aliphatic rings. The van der Waals surface area contributed by atoms with E-state index in [0.29, 0.717) is 6.10 Å². The van der Waals surface area contributed by atoms with Crippen molar-refractivity contribution in [3.63, 3.8) is 0 Å². The van der Waals surface area contributed by atoms with Gasteiger partial charge in [0.25, 0.3) is 0 Å². The minimum absolute atomic E-state index is 0. The Morgan fingerprint density at radius 1 is 1.33 bits per heavy atom. The third-order valence-corrected chi connectivity index (χ3v) is 2.65. The first-order valence-corrected chi connectivity index (χ1v) is 5.35. The van der Waals surface area contributed by atoms with Gasteiger partial charge in [-0.15, -0.1) is 12.4 Å². The Morgan fingerprint density at radius 2 is 2.07 bits per heavy atom. The minimum atomic E-state index is 0. The maximum absolute atomic E-state index is 5.81. The molecule has 15 heavy (non-hydrogen) atoms. The van der Waals surface area contributed by atoms with Gasteiger partial charge < -0.3 is 10.1 Å². The molecule has 0 spiro atoms. The van der Waals surface area contributed by atoms with Crippen molar-refractivity contribution in [1.82, 2.24) is 5.32 Å². The molecule has 1 aliphatic heterocycles. The molecule has 2 nitrogen and oxygen atoms in total. The zero-order chi connectivity index (χ0) is 9.80. The smallest absolute Gasteiger partial charge is 0.119 e. The number of ether oxygens (including phenoxy) is 1. The van der Waals surface area contributed by atoms with Crippen LogP contribution in [0, 0.1) is 0 Å². The quantitative estimate of drug-likeness (QED) is 0.857. The van der Waals surface area contributed by atoms with E-state index in [4.69, 9.17) is 4.74 Å². The van der Waals surface area contributed by atoms with Gasteiger partial charge in [-0.25, -0.2) is 0 Å². The molecule has 0 aromatic heterocycles. The molecule has 1 saturated heterocycles. The lowest BCUT2D eigenvalue weighted by molar-refractivity contribution is 0.223. The second kappa shape index (κ2) is 5.99. The number of hydrogen-bond acceptors (Lipinski definition) is 2. The second-order valence-electron chi connectivity index (χ2n) is 3.73. The van der Waals surface area contributed by atoms with Crippen LogP contribution < -0.4 is 10.1 Å². The molecule has 84 valence electrons. The molecule has 0 amide bonds. The van der Waals surface area contributed by atoms with Crippen LogP contribution in [0.2, 0.25) is 0 Å². The molecule has 1 aromatic rings. The Balaban J connectivity index is 0.00000112. The lowest BCUT2D eigenvalue weighted by Gasteiger charge is -2.12. The summed E-state index contributed by atoms with van der Waals surface area (Å²) in [7, 11) is 0. The van der Waals surface area contributed by atoms with E-state index < -0.39 is 0 Å². The largest absolute Gasteiger partial charge is 0.489 e. The summed E-state index contributed by atoms with van der Waals surface area (Å²) in [6, 6.07) is 8.41.